The largest absolute Gasteiger partial charge is 0.481 e. The smallest absolute Gasteiger partial charge is 0.416 e. The van der Waals surface area contributed by atoms with Gasteiger partial charge in [-0.25, -0.2) is 4.99 Å². The van der Waals surface area contributed by atoms with Gasteiger partial charge in [0.25, 0.3) is 0 Å². The van der Waals surface area contributed by atoms with Gasteiger partial charge in [0.15, 0.2) is 5.90 Å². The molecular weight excluding hydrogens is 275 g/mol. The highest BCUT2D eigenvalue weighted by Crippen LogP contribution is 2.29. The molecule has 0 aliphatic carbocycles. The van der Waals surface area contributed by atoms with E-state index < -0.39 is 23.8 Å². The number of aliphatic imine (C=N–C) groups is 1. The summed E-state index contributed by atoms with van der Waals surface area (Å²) in [6.45, 7) is 0.153. The van der Waals surface area contributed by atoms with Crippen LogP contribution in [0.5, 0.6) is 0 Å². The van der Waals surface area contributed by atoms with Gasteiger partial charge >= 0.3 is 12.1 Å². The predicted molar refractivity (Wildman–Crippen MR) is 64.6 cm³/mol. The van der Waals surface area contributed by atoms with Gasteiger partial charge in [-0.1, -0.05) is 18.2 Å². The zero-order valence-corrected chi connectivity index (χ0v) is 10.4. The average molecular weight is 287 g/mol. The molecule has 0 aromatic heterocycles. The summed E-state index contributed by atoms with van der Waals surface area (Å²) < 4.78 is 42.9. The van der Waals surface area contributed by atoms with E-state index in [9.17, 15) is 18.0 Å². The first-order valence-electron chi connectivity index (χ1n) is 5.92. The third kappa shape index (κ3) is 3.72. The molecule has 0 radical (unpaired) electrons. The highest BCUT2D eigenvalue weighted by atomic mass is 19.4. The van der Waals surface area contributed by atoms with Gasteiger partial charge in [-0.3, -0.25) is 4.79 Å². The number of carboxylic acid groups (broad SMARTS) is 1. The second kappa shape index (κ2) is 5.52. The van der Waals surface area contributed by atoms with Crippen molar-refractivity contribution in [3.05, 3.63) is 35.4 Å². The molecular formula is C13H12F3NO3. The number of hydrogen-bond acceptors (Lipinski definition) is 3. The number of carboxylic acids is 1. The molecule has 2 rings (SSSR count). The number of alkyl halides is 3. The first kappa shape index (κ1) is 14.4. The molecule has 0 saturated heterocycles. The Kier molecular flexibility index (Phi) is 3.96. The summed E-state index contributed by atoms with van der Waals surface area (Å²) in [7, 11) is 0. The van der Waals surface area contributed by atoms with E-state index in [2.05, 4.69) is 4.99 Å². The number of benzene rings is 1. The molecule has 20 heavy (non-hydrogen) atoms. The number of hydrogen-bond donors (Lipinski definition) is 1. The quantitative estimate of drug-likeness (QED) is 0.925. The highest BCUT2D eigenvalue weighted by molar-refractivity contribution is 5.81. The lowest BCUT2D eigenvalue weighted by Gasteiger charge is -2.08. The van der Waals surface area contributed by atoms with Crippen molar-refractivity contribution in [2.75, 3.05) is 6.61 Å². The molecule has 108 valence electrons. The third-order valence-electron chi connectivity index (χ3n) is 2.79. The van der Waals surface area contributed by atoms with Crippen molar-refractivity contribution in [3.8, 4) is 0 Å². The first-order chi connectivity index (χ1) is 9.34. The Balaban J connectivity index is 2.06. The molecule has 1 unspecified atom stereocenters. The van der Waals surface area contributed by atoms with Gasteiger partial charge in [0, 0.05) is 6.42 Å². The van der Waals surface area contributed by atoms with Crippen molar-refractivity contribution in [1.82, 2.24) is 0 Å². The second-order valence-corrected chi connectivity index (χ2v) is 4.46. The Labute approximate surface area is 112 Å². The maximum absolute atomic E-state index is 12.6. The zero-order valence-electron chi connectivity index (χ0n) is 10.4. The van der Waals surface area contributed by atoms with Gasteiger partial charge in [-0.2, -0.15) is 13.2 Å². The van der Waals surface area contributed by atoms with E-state index in [1.54, 1.807) is 6.07 Å². The van der Waals surface area contributed by atoms with Crippen molar-refractivity contribution in [2.45, 2.75) is 25.1 Å². The lowest BCUT2D eigenvalue weighted by Crippen LogP contribution is -2.12. The fourth-order valence-corrected chi connectivity index (χ4v) is 1.91. The second-order valence-electron chi connectivity index (χ2n) is 4.46. The van der Waals surface area contributed by atoms with Crippen LogP contribution in [0, 0.1) is 0 Å². The number of halogens is 3. The summed E-state index contributed by atoms with van der Waals surface area (Å²) in [5.74, 6) is -0.710. The Morgan fingerprint density at radius 1 is 1.45 bits per heavy atom. The van der Waals surface area contributed by atoms with E-state index in [4.69, 9.17) is 9.84 Å². The van der Waals surface area contributed by atoms with Crippen LogP contribution in [0.15, 0.2) is 29.3 Å². The van der Waals surface area contributed by atoms with Crippen LogP contribution in [0.4, 0.5) is 13.2 Å². The molecule has 0 spiro atoms. The zero-order chi connectivity index (χ0) is 14.8. The van der Waals surface area contributed by atoms with Crippen LogP contribution in [0.1, 0.15) is 17.5 Å². The van der Waals surface area contributed by atoms with Gasteiger partial charge in [-0.05, 0) is 11.6 Å². The number of ether oxygens (including phenoxy) is 1. The molecule has 4 nitrogen and oxygen atoms in total. The van der Waals surface area contributed by atoms with E-state index in [0.717, 1.165) is 12.1 Å². The van der Waals surface area contributed by atoms with Crippen LogP contribution < -0.4 is 0 Å². The maximum atomic E-state index is 12.6. The van der Waals surface area contributed by atoms with Gasteiger partial charge in [-0.15, -0.1) is 0 Å². The molecule has 0 bridgehead atoms. The van der Waals surface area contributed by atoms with E-state index in [0.29, 0.717) is 5.56 Å². The Bertz CT molecular complexity index is 540. The molecule has 1 aliphatic rings. The fraction of sp³-hybridized carbons (Fsp3) is 0.385. The summed E-state index contributed by atoms with van der Waals surface area (Å²) in [5, 5.41) is 8.63. The summed E-state index contributed by atoms with van der Waals surface area (Å²) >= 11 is 0. The SMILES string of the molecule is O=C(O)CC1COC(Cc2cccc(C(F)(F)F)c2)=N1. The highest BCUT2D eigenvalue weighted by Gasteiger charge is 2.30. The topological polar surface area (TPSA) is 58.9 Å². The van der Waals surface area contributed by atoms with Gasteiger partial charge < -0.3 is 9.84 Å². The molecule has 0 saturated carbocycles. The van der Waals surface area contributed by atoms with E-state index in [1.165, 1.54) is 6.07 Å². The van der Waals surface area contributed by atoms with Gasteiger partial charge in [0.2, 0.25) is 0 Å². The standard InChI is InChI=1S/C13H12F3NO3/c14-13(15,16)9-3-1-2-8(4-9)5-11-17-10(7-20-11)6-12(18)19/h1-4,10H,5-7H2,(H,18,19). The first-order valence-corrected chi connectivity index (χ1v) is 5.92. The minimum Gasteiger partial charge on any atom is -0.481 e. The Morgan fingerprint density at radius 2 is 2.20 bits per heavy atom. The average Bonchev–Trinajstić information content (AvgIpc) is 2.75. The molecule has 1 N–H and O–H groups in total. The lowest BCUT2D eigenvalue weighted by molar-refractivity contribution is -0.138. The van der Waals surface area contributed by atoms with Crippen molar-refractivity contribution in [2.24, 2.45) is 4.99 Å². The van der Waals surface area contributed by atoms with Crippen molar-refractivity contribution in [1.29, 1.82) is 0 Å². The molecule has 0 amide bonds. The monoisotopic (exact) mass is 287 g/mol. The lowest BCUT2D eigenvalue weighted by atomic mass is 10.1. The van der Waals surface area contributed by atoms with Crippen molar-refractivity contribution >= 4 is 11.9 Å². The number of rotatable bonds is 4. The molecule has 1 aliphatic heterocycles. The molecule has 0 fully saturated rings. The fourth-order valence-electron chi connectivity index (χ4n) is 1.91. The Hall–Kier alpha value is -2.05. The molecule has 7 heteroatoms. The summed E-state index contributed by atoms with van der Waals surface area (Å²) in [6, 6.07) is 4.44. The van der Waals surface area contributed by atoms with E-state index in [-0.39, 0.29) is 25.3 Å². The van der Waals surface area contributed by atoms with Gasteiger partial charge in [0.05, 0.1) is 18.0 Å². The van der Waals surface area contributed by atoms with Crippen LogP contribution in [0.3, 0.4) is 0 Å². The summed E-state index contributed by atoms with van der Waals surface area (Å²) in [6.07, 6.45) is -4.41. The van der Waals surface area contributed by atoms with Crippen molar-refractivity contribution in [3.63, 3.8) is 0 Å². The summed E-state index contributed by atoms with van der Waals surface area (Å²) in [5.41, 5.74) is -0.301. The summed E-state index contributed by atoms with van der Waals surface area (Å²) in [4.78, 5) is 14.6. The third-order valence-corrected chi connectivity index (χ3v) is 2.79. The molecule has 1 aromatic rings. The minimum absolute atomic E-state index is 0.125. The number of aliphatic carboxylic acids is 1. The van der Waals surface area contributed by atoms with Crippen LogP contribution >= 0.6 is 0 Å². The van der Waals surface area contributed by atoms with E-state index in [1.807, 2.05) is 0 Å². The van der Waals surface area contributed by atoms with E-state index >= 15 is 0 Å². The van der Waals surface area contributed by atoms with Crippen LogP contribution in [-0.4, -0.2) is 29.6 Å². The number of carbonyl (C=O) groups is 1. The van der Waals surface area contributed by atoms with Crippen LogP contribution in [0.25, 0.3) is 0 Å². The molecule has 1 heterocycles. The predicted octanol–water partition coefficient (Wildman–Crippen LogP) is 2.52. The molecule has 1 atom stereocenters. The minimum atomic E-state index is -4.39. The van der Waals surface area contributed by atoms with Gasteiger partial charge in [0.1, 0.15) is 6.61 Å². The molecule has 1 aromatic carbocycles. The van der Waals surface area contributed by atoms with Crippen LogP contribution in [0.2, 0.25) is 0 Å². The van der Waals surface area contributed by atoms with Crippen molar-refractivity contribution < 1.29 is 27.8 Å². The number of nitrogens with zero attached hydrogens (tertiary/aromatic N) is 1. The maximum Gasteiger partial charge on any atom is 0.416 e. The van der Waals surface area contributed by atoms with Crippen LogP contribution in [-0.2, 0) is 22.1 Å². The Morgan fingerprint density at radius 3 is 2.85 bits per heavy atom. The normalized spacial score (nSPS) is 18.6.